The molecule has 4 aromatic carbocycles. The molecular formula is C77H103N3O13. The van der Waals surface area contributed by atoms with E-state index in [1.807, 2.05) is 90.1 Å². The number of Topliss-reactive ketones (excluding diaryl/α,β-unsaturated/α-hetero) is 5. The Kier molecular flexibility index (Phi) is 31.3. The first kappa shape index (κ1) is 75.8. The van der Waals surface area contributed by atoms with Crippen LogP contribution in [-0.4, -0.2) is 126 Å². The van der Waals surface area contributed by atoms with Gasteiger partial charge >= 0.3 is 5.97 Å². The van der Waals surface area contributed by atoms with Crippen LogP contribution >= 0.6 is 0 Å². The van der Waals surface area contributed by atoms with Crippen LogP contribution in [0.3, 0.4) is 0 Å². The van der Waals surface area contributed by atoms with Crippen molar-refractivity contribution in [3.05, 3.63) is 143 Å². The van der Waals surface area contributed by atoms with Crippen molar-refractivity contribution in [3.63, 3.8) is 0 Å². The molecule has 93 heavy (non-hydrogen) atoms. The molecule has 0 spiro atoms. The van der Waals surface area contributed by atoms with E-state index in [0.29, 0.717) is 99.1 Å². The molecule has 2 bridgehead atoms. The number of carbonyl (C=O) groups is 10. The number of aryl methyl sites for hydroxylation is 1. The van der Waals surface area contributed by atoms with Gasteiger partial charge in [0, 0.05) is 94.8 Å². The monoisotopic (exact) mass is 1280 g/mol. The standard InChI is InChI=1S/C73H91N3O13.2C2H6/c1-49(2)41-55-47-64(81)61-29-20-40-75(61)70(84)56(42-50-21-11-8-12-22-50)46-63(80)60(53-24-13-9-14-25-53)48-59(79)33-32-58(78)44-52-23-19-26-54(43-52)65(34-30-51-31-35-66(87-6)67(45-51)88-7)89-72(86)62-28-16-18-39-76(62)71(85)68(82)73(3,4)37-36-57(77)27-15-10-17-38-74(5)69(55)83;2*1-2/h8-9,11-15,19,21-27,31,35,43,45,49,55-56,60-62,65H,10,16-18,20,28-30,32-34,36-42,44,46-48H2,1-7H3;2*1-2H3/b27-15+;;/t55-,56-,60?,61-,62+,65-;;/m1../s1. The van der Waals surface area contributed by atoms with Gasteiger partial charge in [-0.2, -0.15) is 0 Å². The van der Waals surface area contributed by atoms with E-state index in [2.05, 4.69) is 0 Å². The van der Waals surface area contributed by atoms with Crippen molar-refractivity contribution < 1.29 is 62.2 Å². The average molecular weight is 1280 g/mol. The van der Waals surface area contributed by atoms with E-state index >= 15 is 4.79 Å². The summed E-state index contributed by atoms with van der Waals surface area (Å²) in [5.41, 5.74) is 2.28. The lowest BCUT2D eigenvalue weighted by molar-refractivity contribution is -0.164. The van der Waals surface area contributed by atoms with E-state index in [-0.39, 0.29) is 117 Å². The Morgan fingerprint density at radius 1 is 0.602 bits per heavy atom. The second kappa shape index (κ2) is 38.3. The molecule has 0 aromatic heterocycles. The van der Waals surface area contributed by atoms with E-state index in [0.717, 1.165) is 11.1 Å². The van der Waals surface area contributed by atoms with Crippen LogP contribution in [-0.2, 0) is 71.9 Å². The number of fused-ring (bicyclic) bond motifs is 4. The van der Waals surface area contributed by atoms with Crippen LogP contribution in [0, 0.1) is 23.2 Å². The number of ether oxygens (including phenoxy) is 3. The minimum Gasteiger partial charge on any atom is -0.493 e. The Labute approximate surface area is 552 Å². The molecule has 3 aliphatic rings. The molecule has 3 aliphatic heterocycles. The zero-order chi connectivity index (χ0) is 68.2. The molecular weight excluding hydrogens is 1170 g/mol. The lowest BCUT2D eigenvalue weighted by Gasteiger charge is -2.36. The van der Waals surface area contributed by atoms with Crippen molar-refractivity contribution in [3.8, 4) is 11.5 Å². The number of carbonyl (C=O) groups excluding carboxylic acids is 10. The number of amides is 3. The number of ketones is 6. The zero-order valence-corrected chi connectivity index (χ0v) is 57.2. The van der Waals surface area contributed by atoms with Crippen molar-refractivity contribution in [2.75, 3.05) is 40.9 Å². The summed E-state index contributed by atoms with van der Waals surface area (Å²) in [6.45, 7) is 16.1. The first-order valence-corrected chi connectivity index (χ1v) is 33.9. The van der Waals surface area contributed by atoms with Crippen LogP contribution in [0.5, 0.6) is 11.5 Å². The largest absolute Gasteiger partial charge is 0.493 e. The minimum absolute atomic E-state index is 0.00756. The summed E-state index contributed by atoms with van der Waals surface area (Å²) in [7, 11) is 4.79. The minimum atomic E-state index is -1.24. The smallest absolute Gasteiger partial charge is 0.329 e. The summed E-state index contributed by atoms with van der Waals surface area (Å²) < 4.78 is 17.4. The highest BCUT2D eigenvalue weighted by Gasteiger charge is 2.43. The number of hydrogen-bond donors (Lipinski definition) is 0. The quantitative estimate of drug-likeness (QED) is 0.107. The third-order valence-corrected chi connectivity index (χ3v) is 17.8. The Hall–Kier alpha value is -7.88. The molecule has 0 aliphatic carbocycles. The van der Waals surface area contributed by atoms with E-state index in [4.69, 9.17) is 14.2 Å². The summed E-state index contributed by atoms with van der Waals surface area (Å²) in [4.78, 5) is 147. The molecule has 16 nitrogen and oxygen atoms in total. The Balaban J connectivity index is 0.00000384. The molecule has 2 fully saturated rings. The maximum absolute atomic E-state index is 15.0. The summed E-state index contributed by atoms with van der Waals surface area (Å²) in [6.07, 6.45) is 6.52. The van der Waals surface area contributed by atoms with Crippen LogP contribution in [0.1, 0.15) is 198 Å². The van der Waals surface area contributed by atoms with Gasteiger partial charge in [-0.05, 0) is 129 Å². The van der Waals surface area contributed by atoms with Crippen molar-refractivity contribution in [1.82, 2.24) is 14.7 Å². The molecule has 3 amide bonds. The van der Waals surface area contributed by atoms with Gasteiger partial charge in [-0.25, -0.2) is 4.79 Å². The predicted molar refractivity (Wildman–Crippen MR) is 362 cm³/mol. The molecule has 0 N–H and O–H groups in total. The van der Waals surface area contributed by atoms with Crippen LogP contribution in [0.4, 0.5) is 0 Å². The number of hydrogen-bond acceptors (Lipinski definition) is 13. The van der Waals surface area contributed by atoms with Gasteiger partial charge < -0.3 is 28.9 Å². The lowest BCUT2D eigenvalue weighted by atomic mass is 9.81. The molecule has 3 heterocycles. The second-order valence-electron chi connectivity index (χ2n) is 25.6. The van der Waals surface area contributed by atoms with Crippen LogP contribution < -0.4 is 9.47 Å². The van der Waals surface area contributed by atoms with Gasteiger partial charge in [0.1, 0.15) is 29.5 Å². The highest BCUT2D eigenvalue weighted by molar-refractivity contribution is 6.38. The van der Waals surface area contributed by atoms with Crippen molar-refractivity contribution >= 4 is 58.4 Å². The zero-order valence-electron chi connectivity index (χ0n) is 57.2. The number of cyclic esters (lactones) is 1. The average Bonchev–Trinajstić information content (AvgIpc) is 1.76. The highest BCUT2D eigenvalue weighted by atomic mass is 16.5. The van der Waals surface area contributed by atoms with Crippen LogP contribution in [0.25, 0.3) is 0 Å². The highest BCUT2D eigenvalue weighted by Crippen LogP contribution is 2.35. The van der Waals surface area contributed by atoms with E-state index in [9.17, 15) is 43.2 Å². The first-order valence-electron chi connectivity index (χ1n) is 33.9. The first-order chi connectivity index (χ1) is 44.7. The van der Waals surface area contributed by atoms with Crippen LogP contribution in [0.2, 0.25) is 0 Å². The summed E-state index contributed by atoms with van der Waals surface area (Å²) in [5, 5.41) is 0. The van der Waals surface area contributed by atoms with Gasteiger partial charge in [0.2, 0.25) is 17.6 Å². The van der Waals surface area contributed by atoms with E-state index in [1.165, 1.54) is 11.0 Å². The topological polar surface area (TPSA) is 208 Å². The molecule has 1 unspecified atom stereocenters. The molecule has 2 saturated heterocycles. The second-order valence-corrected chi connectivity index (χ2v) is 25.6. The Bertz CT molecular complexity index is 3170. The van der Waals surface area contributed by atoms with Gasteiger partial charge in [-0.3, -0.25) is 43.2 Å². The van der Waals surface area contributed by atoms with Gasteiger partial charge in [0.05, 0.1) is 20.3 Å². The normalized spacial score (nSPS) is 22.9. The predicted octanol–water partition coefficient (Wildman–Crippen LogP) is 13.2. The SMILES string of the molecule is CC.CC.COc1ccc(CC[C@H]2OC(=O)[C@@H]3CCCCN3C(=O)C(=O)C(C)(C)CCC(=O)/C=C/CCCN(C)C(=O)[C@H](CC(C)C)CC(=O)[C@H]3CCCN3C(=O)[C@H](Cc3ccccc3)CC(=O)C(c3ccccc3)CC(=O)CCC(=O)Cc3cccc2c3)cc1OC. The summed E-state index contributed by atoms with van der Waals surface area (Å²) >= 11 is 0. The fourth-order valence-corrected chi connectivity index (χ4v) is 12.7. The molecule has 0 radical (unpaired) electrons. The lowest BCUT2D eigenvalue weighted by Crippen LogP contribution is -2.53. The third kappa shape index (κ3) is 22.7. The van der Waals surface area contributed by atoms with Gasteiger partial charge in [0.15, 0.2) is 23.1 Å². The van der Waals surface area contributed by atoms with Gasteiger partial charge in [-0.1, -0.05) is 152 Å². The number of esters is 1. The fourth-order valence-electron chi connectivity index (χ4n) is 12.7. The van der Waals surface area contributed by atoms with Crippen LogP contribution in [0.15, 0.2) is 115 Å². The molecule has 6 atom stereocenters. The summed E-state index contributed by atoms with van der Waals surface area (Å²) in [5.74, 6) is -5.24. The van der Waals surface area contributed by atoms with Gasteiger partial charge in [0.25, 0.3) is 5.91 Å². The summed E-state index contributed by atoms with van der Waals surface area (Å²) in [6, 6.07) is 29.2. The fraction of sp³-hybridized carbons (Fsp3) is 0.532. The third-order valence-electron chi connectivity index (χ3n) is 17.8. The molecule has 4 aromatic rings. The van der Waals surface area contributed by atoms with Gasteiger partial charge in [-0.15, -0.1) is 0 Å². The number of methoxy groups -OCH3 is 2. The maximum atomic E-state index is 15.0. The molecule has 504 valence electrons. The van der Waals surface area contributed by atoms with Crippen molar-refractivity contribution in [2.24, 2.45) is 23.2 Å². The Morgan fingerprint density at radius 3 is 1.94 bits per heavy atom. The van der Waals surface area contributed by atoms with E-state index in [1.54, 1.807) is 106 Å². The molecule has 0 saturated carbocycles. The number of rotatable bonds is 10. The maximum Gasteiger partial charge on any atom is 0.329 e. The number of nitrogens with zero attached hydrogens (tertiary/aromatic N) is 3. The van der Waals surface area contributed by atoms with Crippen molar-refractivity contribution in [1.29, 1.82) is 0 Å². The molecule has 16 heteroatoms. The van der Waals surface area contributed by atoms with Crippen molar-refractivity contribution in [2.45, 2.75) is 201 Å². The Morgan fingerprint density at radius 2 is 1.25 bits per heavy atom. The van der Waals surface area contributed by atoms with E-state index < -0.39 is 59.0 Å². The number of benzene rings is 4. The number of allylic oxidation sites excluding steroid dienone is 2. The number of piperidine rings is 1. The molecule has 7 rings (SSSR count).